The van der Waals surface area contributed by atoms with Crippen LogP contribution in [0.2, 0.25) is 0 Å². The zero-order valence-electron chi connectivity index (χ0n) is 10.1. The quantitative estimate of drug-likeness (QED) is 0.775. The van der Waals surface area contributed by atoms with Crippen molar-refractivity contribution in [3.8, 4) is 17.2 Å². The molecule has 0 amide bonds. The van der Waals surface area contributed by atoms with E-state index in [0.29, 0.717) is 12.3 Å². The molecule has 0 aliphatic heterocycles. The van der Waals surface area contributed by atoms with Crippen LogP contribution in [0.3, 0.4) is 0 Å². The highest BCUT2D eigenvalue weighted by Gasteiger charge is 2.02. The Kier molecular flexibility index (Phi) is 3.57. The zero-order chi connectivity index (χ0) is 13.0. The summed E-state index contributed by atoms with van der Waals surface area (Å²) >= 11 is 0. The molecule has 0 bridgehead atoms. The summed E-state index contributed by atoms with van der Waals surface area (Å²) in [5.74, 6) is 0.781. The molecule has 0 unspecified atom stereocenters. The number of anilines is 1. The van der Waals surface area contributed by atoms with Crippen LogP contribution in [0.5, 0.6) is 17.2 Å². The third kappa shape index (κ3) is 2.85. The van der Waals surface area contributed by atoms with Crippen LogP contribution in [0.1, 0.15) is 5.56 Å². The van der Waals surface area contributed by atoms with Crippen molar-refractivity contribution >= 4 is 5.69 Å². The smallest absolute Gasteiger partial charge is 0.160 e. The van der Waals surface area contributed by atoms with E-state index >= 15 is 0 Å². The number of rotatable bonds is 4. The largest absolute Gasteiger partial charge is 0.508 e. The number of nitrogens with one attached hydrogen (secondary N) is 1. The van der Waals surface area contributed by atoms with Gasteiger partial charge in [0.25, 0.3) is 0 Å². The van der Waals surface area contributed by atoms with Crippen LogP contribution in [-0.2, 0) is 6.54 Å². The number of hydrogen-bond donors (Lipinski definition) is 3. The molecular weight excluding hydrogens is 230 g/mol. The maximum absolute atomic E-state index is 9.63. The SMILES string of the molecule is COc1ccc(NCc2cccc(O)c2)cc1O. The molecule has 2 aromatic carbocycles. The first-order valence-electron chi connectivity index (χ1n) is 5.58. The van der Waals surface area contributed by atoms with Crippen LogP contribution in [-0.4, -0.2) is 17.3 Å². The second-order valence-electron chi connectivity index (χ2n) is 3.91. The van der Waals surface area contributed by atoms with E-state index in [4.69, 9.17) is 4.74 Å². The van der Waals surface area contributed by atoms with Gasteiger partial charge in [0.1, 0.15) is 5.75 Å². The highest BCUT2D eigenvalue weighted by molar-refractivity contribution is 5.54. The lowest BCUT2D eigenvalue weighted by Gasteiger charge is -2.09. The Labute approximate surface area is 105 Å². The lowest BCUT2D eigenvalue weighted by Crippen LogP contribution is -1.99. The Morgan fingerprint density at radius 2 is 1.94 bits per heavy atom. The number of aromatic hydroxyl groups is 2. The van der Waals surface area contributed by atoms with Gasteiger partial charge in [-0.2, -0.15) is 0 Å². The van der Waals surface area contributed by atoms with Crippen molar-refractivity contribution in [2.75, 3.05) is 12.4 Å². The van der Waals surface area contributed by atoms with Crippen LogP contribution in [0, 0.1) is 0 Å². The van der Waals surface area contributed by atoms with E-state index in [1.54, 1.807) is 30.3 Å². The van der Waals surface area contributed by atoms with Gasteiger partial charge in [0.15, 0.2) is 11.5 Å². The van der Waals surface area contributed by atoms with Gasteiger partial charge in [-0.15, -0.1) is 0 Å². The summed E-state index contributed by atoms with van der Waals surface area (Å²) < 4.78 is 4.97. The lowest BCUT2D eigenvalue weighted by atomic mass is 10.2. The molecule has 2 rings (SSSR count). The number of ether oxygens (including phenoxy) is 1. The summed E-state index contributed by atoms with van der Waals surface area (Å²) in [4.78, 5) is 0. The molecule has 4 nitrogen and oxygen atoms in total. The molecule has 3 N–H and O–H groups in total. The molecule has 0 aliphatic carbocycles. The van der Waals surface area contributed by atoms with Crippen molar-refractivity contribution in [2.45, 2.75) is 6.54 Å². The van der Waals surface area contributed by atoms with Gasteiger partial charge in [0, 0.05) is 18.3 Å². The molecule has 4 heteroatoms. The highest BCUT2D eigenvalue weighted by atomic mass is 16.5. The first-order valence-corrected chi connectivity index (χ1v) is 5.58. The van der Waals surface area contributed by atoms with Gasteiger partial charge in [-0.3, -0.25) is 0 Å². The first kappa shape index (κ1) is 12.1. The maximum Gasteiger partial charge on any atom is 0.160 e. The van der Waals surface area contributed by atoms with Crippen LogP contribution in [0.15, 0.2) is 42.5 Å². The first-order chi connectivity index (χ1) is 8.69. The summed E-state index contributed by atoms with van der Waals surface area (Å²) in [7, 11) is 1.51. The van der Waals surface area contributed by atoms with Crippen molar-refractivity contribution in [1.82, 2.24) is 0 Å². The molecule has 0 atom stereocenters. The molecule has 18 heavy (non-hydrogen) atoms. The molecule has 0 spiro atoms. The summed E-state index contributed by atoms with van der Waals surface area (Å²) in [5, 5.41) is 22.1. The normalized spacial score (nSPS) is 10.1. The van der Waals surface area contributed by atoms with Crippen molar-refractivity contribution in [3.63, 3.8) is 0 Å². The Bertz CT molecular complexity index is 540. The second-order valence-corrected chi connectivity index (χ2v) is 3.91. The molecule has 0 saturated heterocycles. The van der Waals surface area contributed by atoms with E-state index < -0.39 is 0 Å². The van der Waals surface area contributed by atoms with Gasteiger partial charge in [0.05, 0.1) is 7.11 Å². The predicted molar refractivity (Wildman–Crippen MR) is 70.1 cm³/mol. The van der Waals surface area contributed by atoms with Crippen LogP contribution >= 0.6 is 0 Å². The summed E-state index contributed by atoms with van der Waals surface area (Å²) in [6.45, 7) is 0.570. The minimum absolute atomic E-state index is 0.0957. The Hall–Kier alpha value is -2.36. The Morgan fingerprint density at radius 1 is 1.11 bits per heavy atom. The minimum Gasteiger partial charge on any atom is -0.508 e. The Morgan fingerprint density at radius 3 is 2.61 bits per heavy atom. The zero-order valence-corrected chi connectivity index (χ0v) is 10.1. The van der Waals surface area contributed by atoms with Crippen molar-refractivity contribution < 1.29 is 14.9 Å². The average Bonchev–Trinajstić information content (AvgIpc) is 2.37. The van der Waals surface area contributed by atoms with E-state index in [9.17, 15) is 10.2 Å². The molecule has 0 aliphatic rings. The third-order valence-electron chi connectivity index (χ3n) is 2.59. The average molecular weight is 245 g/mol. The summed E-state index contributed by atoms with van der Waals surface area (Å²) in [5.41, 5.74) is 1.75. The van der Waals surface area contributed by atoms with Crippen LogP contribution in [0.25, 0.3) is 0 Å². The standard InChI is InChI=1S/C14H15NO3/c1-18-14-6-5-11(8-13(14)17)15-9-10-3-2-4-12(16)7-10/h2-8,15-17H,9H2,1H3. The summed E-state index contributed by atoms with van der Waals surface area (Å²) in [6, 6.07) is 12.1. The summed E-state index contributed by atoms with van der Waals surface area (Å²) in [6.07, 6.45) is 0. The van der Waals surface area contributed by atoms with Crippen LogP contribution in [0.4, 0.5) is 5.69 Å². The molecule has 0 aromatic heterocycles. The number of phenols is 2. The van der Waals surface area contributed by atoms with E-state index in [2.05, 4.69) is 5.32 Å². The molecule has 2 aromatic rings. The fraction of sp³-hybridized carbons (Fsp3) is 0.143. The van der Waals surface area contributed by atoms with E-state index in [1.807, 2.05) is 12.1 Å². The van der Waals surface area contributed by atoms with Gasteiger partial charge in [-0.25, -0.2) is 0 Å². The molecule has 0 fully saturated rings. The predicted octanol–water partition coefficient (Wildman–Crippen LogP) is 2.72. The van der Waals surface area contributed by atoms with Gasteiger partial charge in [-0.1, -0.05) is 12.1 Å². The third-order valence-corrected chi connectivity index (χ3v) is 2.59. The molecular formula is C14H15NO3. The van der Waals surface area contributed by atoms with E-state index in [0.717, 1.165) is 11.3 Å². The minimum atomic E-state index is 0.0957. The fourth-order valence-corrected chi connectivity index (χ4v) is 1.67. The number of benzene rings is 2. The lowest BCUT2D eigenvalue weighted by molar-refractivity contribution is 0.373. The van der Waals surface area contributed by atoms with Gasteiger partial charge < -0.3 is 20.3 Å². The topological polar surface area (TPSA) is 61.7 Å². The monoisotopic (exact) mass is 245 g/mol. The van der Waals surface area contributed by atoms with Gasteiger partial charge in [0.2, 0.25) is 0 Å². The van der Waals surface area contributed by atoms with E-state index in [1.165, 1.54) is 7.11 Å². The molecule has 0 radical (unpaired) electrons. The second kappa shape index (κ2) is 5.31. The van der Waals surface area contributed by atoms with Gasteiger partial charge >= 0.3 is 0 Å². The number of phenolic OH excluding ortho intramolecular Hbond substituents is 2. The molecule has 94 valence electrons. The Balaban J connectivity index is 2.04. The fourth-order valence-electron chi connectivity index (χ4n) is 1.67. The van der Waals surface area contributed by atoms with Crippen molar-refractivity contribution in [2.24, 2.45) is 0 Å². The van der Waals surface area contributed by atoms with Crippen molar-refractivity contribution in [1.29, 1.82) is 0 Å². The van der Waals surface area contributed by atoms with Gasteiger partial charge in [-0.05, 0) is 29.8 Å². The van der Waals surface area contributed by atoms with Crippen LogP contribution < -0.4 is 10.1 Å². The highest BCUT2D eigenvalue weighted by Crippen LogP contribution is 2.28. The number of hydrogen-bond acceptors (Lipinski definition) is 4. The molecule has 0 saturated carbocycles. The van der Waals surface area contributed by atoms with E-state index in [-0.39, 0.29) is 11.5 Å². The maximum atomic E-state index is 9.63. The van der Waals surface area contributed by atoms with Crippen molar-refractivity contribution in [3.05, 3.63) is 48.0 Å². The number of methoxy groups -OCH3 is 1. The molecule has 0 heterocycles.